The molecule has 84 valence electrons. The number of benzene rings is 1. The number of hydrogen-bond donors (Lipinski definition) is 1. The zero-order valence-electron chi connectivity index (χ0n) is 10.2. The average Bonchev–Trinajstić information content (AvgIpc) is 2.31. The Bertz CT molecular complexity index is 276. The lowest BCUT2D eigenvalue weighted by Crippen LogP contribution is -2.24. The van der Waals surface area contributed by atoms with Crippen LogP contribution < -0.4 is 5.32 Å². The van der Waals surface area contributed by atoms with Crippen molar-refractivity contribution in [3.63, 3.8) is 0 Å². The Labute approximate surface area is 93.9 Å². The summed E-state index contributed by atoms with van der Waals surface area (Å²) < 4.78 is 0. The Morgan fingerprint density at radius 2 is 1.93 bits per heavy atom. The summed E-state index contributed by atoms with van der Waals surface area (Å²) in [7, 11) is 2.05. The Hall–Kier alpha value is -0.820. The van der Waals surface area contributed by atoms with Gasteiger partial charge < -0.3 is 5.32 Å². The van der Waals surface area contributed by atoms with Gasteiger partial charge in [-0.1, -0.05) is 38.1 Å². The Kier molecular flexibility index (Phi) is 5.41. The van der Waals surface area contributed by atoms with Gasteiger partial charge in [0, 0.05) is 6.04 Å². The van der Waals surface area contributed by atoms with Gasteiger partial charge in [-0.15, -0.1) is 0 Å². The molecule has 0 aliphatic heterocycles. The molecule has 0 heterocycles. The Morgan fingerprint density at radius 1 is 1.20 bits per heavy atom. The van der Waals surface area contributed by atoms with Gasteiger partial charge in [0.25, 0.3) is 0 Å². The molecule has 0 saturated heterocycles. The van der Waals surface area contributed by atoms with E-state index in [2.05, 4.69) is 50.5 Å². The Balaban J connectivity index is 2.49. The highest BCUT2D eigenvalue weighted by Gasteiger charge is 2.03. The van der Waals surface area contributed by atoms with Crippen LogP contribution in [0.15, 0.2) is 24.3 Å². The second kappa shape index (κ2) is 6.62. The molecule has 1 N–H and O–H groups in total. The topological polar surface area (TPSA) is 12.0 Å². The highest BCUT2D eigenvalue weighted by Crippen LogP contribution is 2.10. The van der Waals surface area contributed by atoms with E-state index in [0.29, 0.717) is 6.04 Å². The zero-order chi connectivity index (χ0) is 11.1. The number of hydrogen-bond acceptors (Lipinski definition) is 1. The molecule has 0 spiro atoms. The third kappa shape index (κ3) is 4.05. The summed E-state index contributed by atoms with van der Waals surface area (Å²) in [6, 6.07) is 9.62. The van der Waals surface area contributed by atoms with Crippen LogP contribution in [0.5, 0.6) is 0 Å². The van der Waals surface area contributed by atoms with Crippen LogP contribution in [0.1, 0.15) is 37.8 Å². The molecule has 0 bridgehead atoms. The molecule has 1 nitrogen and oxygen atoms in total. The molecular formula is C14H23N. The summed E-state index contributed by atoms with van der Waals surface area (Å²) in [5, 5.41) is 3.35. The molecule has 0 amide bonds. The van der Waals surface area contributed by atoms with Gasteiger partial charge in [0.15, 0.2) is 0 Å². The third-order valence-corrected chi connectivity index (χ3v) is 3.08. The van der Waals surface area contributed by atoms with Crippen LogP contribution in [-0.4, -0.2) is 13.1 Å². The van der Waals surface area contributed by atoms with Crippen LogP contribution in [0.2, 0.25) is 0 Å². The first-order valence-electron chi connectivity index (χ1n) is 6.05. The van der Waals surface area contributed by atoms with Crippen molar-refractivity contribution >= 4 is 0 Å². The van der Waals surface area contributed by atoms with Crippen molar-refractivity contribution in [1.82, 2.24) is 5.32 Å². The molecule has 1 aromatic carbocycles. The van der Waals surface area contributed by atoms with Crippen LogP contribution in [0.25, 0.3) is 0 Å². The van der Waals surface area contributed by atoms with Crippen LogP contribution in [0, 0.1) is 0 Å². The third-order valence-electron chi connectivity index (χ3n) is 3.08. The van der Waals surface area contributed by atoms with Crippen molar-refractivity contribution in [2.75, 3.05) is 7.05 Å². The van der Waals surface area contributed by atoms with Crippen molar-refractivity contribution in [2.24, 2.45) is 0 Å². The molecule has 1 unspecified atom stereocenters. The minimum Gasteiger partial charge on any atom is -0.317 e. The molecule has 1 rings (SSSR count). The number of aryl methyl sites for hydroxylation is 2. The van der Waals surface area contributed by atoms with Crippen molar-refractivity contribution in [1.29, 1.82) is 0 Å². The lowest BCUT2D eigenvalue weighted by Gasteiger charge is -2.13. The summed E-state index contributed by atoms with van der Waals surface area (Å²) >= 11 is 0. The first-order chi connectivity index (χ1) is 7.30. The minimum absolute atomic E-state index is 0.662. The molecule has 0 aromatic heterocycles. The van der Waals surface area contributed by atoms with E-state index in [0.717, 1.165) is 6.42 Å². The quantitative estimate of drug-likeness (QED) is 0.752. The standard InChI is InChI=1S/C14H23N/c1-4-12-7-6-8-13(11-12)9-10-14(5-2)15-3/h6-8,11,14-15H,4-5,9-10H2,1-3H3. The van der Waals surface area contributed by atoms with Gasteiger partial charge in [-0.05, 0) is 43.9 Å². The van der Waals surface area contributed by atoms with Crippen molar-refractivity contribution in [3.8, 4) is 0 Å². The van der Waals surface area contributed by atoms with Crippen molar-refractivity contribution < 1.29 is 0 Å². The molecule has 0 saturated carbocycles. The van der Waals surface area contributed by atoms with Gasteiger partial charge in [0.1, 0.15) is 0 Å². The van der Waals surface area contributed by atoms with E-state index in [1.165, 1.54) is 30.4 Å². The van der Waals surface area contributed by atoms with E-state index in [1.807, 2.05) is 0 Å². The highest BCUT2D eigenvalue weighted by atomic mass is 14.9. The van der Waals surface area contributed by atoms with Crippen LogP contribution in [0.3, 0.4) is 0 Å². The minimum atomic E-state index is 0.662. The second-order valence-electron chi connectivity index (χ2n) is 4.11. The van der Waals surface area contributed by atoms with E-state index in [4.69, 9.17) is 0 Å². The van der Waals surface area contributed by atoms with Crippen LogP contribution in [0.4, 0.5) is 0 Å². The average molecular weight is 205 g/mol. The predicted molar refractivity (Wildman–Crippen MR) is 67.3 cm³/mol. The van der Waals surface area contributed by atoms with E-state index < -0.39 is 0 Å². The van der Waals surface area contributed by atoms with Gasteiger partial charge in [-0.25, -0.2) is 0 Å². The maximum absolute atomic E-state index is 3.35. The fourth-order valence-electron chi connectivity index (χ4n) is 1.90. The normalized spacial score (nSPS) is 12.7. The molecule has 1 aromatic rings. The fourth-order valence-corrected chi connectivity index (χ4v) is 1.90. The summed E-state index contributed by atoms with van der Waals surface area (Å²) in [4.78, 5) is 0. The van der Waals surface area contributed by atoms with Gasteiger partial charge in [0.05, 0.1) is 0 Å². The first kappa shape index (κ1) is 12.3. The summed E-state index contributed by atoms with van der Waals surface area (Å²) in [5.41, 5.74) is 2.92. The smallest absolute Gasteiger partial charge is 0.00646 e. The zero-order valence-corrected chi connectivity index (χ0v) is 10.2. The molecule has 0 fully saturated rings. The molecule has 1 atom stereocenters. The van der Waals surface area contributed by atoms with Crippen molar-refractivity contribution in [2.45, 2.75) is 45.6 Å². The summed E-state index contributed by atoms with van der Waals surface area (Å²) in [6.07, 6.45) is 4.77. The molecular weight excluding hydrogens is 182 g/mol. The lowest BCUT2D eigenvalue weighted by atomic mass is 10.0. The molecule has 15 heavy (non-hydrogen) atoms. The number of nitrogens with one attached hydrogen (secondary N) is 1. The SMILES string of the molecule is CCc1cccc(CCC(CC)NC)c1. The van der Waals surface area contributed by atoms with E-state index in [1.54, 1.807) is 0 Å². The second-order valence-corrected chi connectivity index (χ2v) is 4.11. The summed E-state index contributed by atoms with van der Waals surface area (Å²) in [6.45, 7) is 4.45. The van der Waals surface area contributed by atoms with E-state index in [9.17, 15) is 0 Å². The highest BCUT2D eigenvalue weighted by molar-refractivity contribution is 5.23. The maximum atomic E-state index is 3.35. The van der Waals surface area contributed by atoms with E-state index in [-0.39, 0.29) is 0 Å². The van der Waals surface area contributed by atoms with Gasteiger partial charge >= 0.3 is 0 Å². The molecule has 0 aliphatic carbocycles. The van der Waals surface area contributed by atoms with Crippen LogP contribution in [-0.2, 0) is 12.8 Å². The van der Waals surface area contributed by atoms with Gasteiger partial charge in [0.2, 0.25) is 0 Å². The molecule has 1 heteroatoms. The van der Waals surface area contributed by atoms with Gasteiger partial charge in [-0.3, -0.25) is 0 Å². The largest absolute Gasteiger partial charge is 0.317 e. The van der Waals surface area contributed by atoms with Crippen LogP contribution >= 0.6 is 0 Å². The monoisotopic (exact) mass is 205 g/mol. The lowest BCUT2D eigenvalue weighted by molar-refractivity contribution is 0.509. The fraction of sp³-hybridized carbons (Fsp3) is 0.571. The maximum Gasteiger partial charge on any atom is 0.00646 e. The number of rotatable bonds is 6. The molecule has 0 aliphatic rings. The Morgan fingerprint density at radius 3 is 2.53 bits per heavy atom. The summed E-state index contributed by atoms with van der Waals surface area (Å²) in [5.74, 6) is 0. The molecule has 0 radical (unpaired) electrons. The predicted octanol–water partition coefficient (Wildman–Crippen LogP) is 3.18. The van der Waals surface area contributed by atoms with Gasteiger partial charge in [-0.2, -0.15) is 0 Å². The first-order valence-corrected chi connectivity index (χ1v) is 6.05. The van der Waals surface area contributed by atoms with Crippen molar-refractivity contribution in [3.05, 3.63) is 35.4 Å². The van der Waals surface area contributed by atoms with E-state index >= 15 is 0 Å².